The lowest BCUT2D eigenvalue weighted by Gasteiger charge is -2.19. The maximum atomic E-state index is 12.9. The molecule has 0 spiro atoms. The smallest absolute Gasteiger partial charge is 0.337 e. The molecule has 0 saturated carbocycles. The molecule has 1 unspecified atom stereocenters. The zero-order valence-electron chi connectivity index (χ0n) is 16.2. The summed E-state index contributed by atoms with van der Waals surface area (Å²) in [5, 5.41) is 0. The van der Waals surface area contributed by atoms with Crippen molar-refractivity contribution in [2.45, 2.75) is 31.2 Å². The first-order chi connectivity index (χ1) is 13.2. The highest BCUT2D eigenvalue weighted by Crippen LogP contribution is 2.24. The van der Waals surface area contributed by atoms with Crippen molar-refractivity contribution in [1.29, 1.82) is 0 Å². The number of carbonyl (C=O) groups excluding carboxylic acids is 2. The molecular formula is C20H23NO6S. The lowest BCUT2D eigenvalue weighted by Crippen LogP contribution is -2.31. The Labute approximate surface area is 164 Å². The van der Waals surface area contributed by atoms with Crippen LogP contribution in [0, 0.1) is 13.8 Å². The van der Waals surface area contributed by atoms with E-state index >= 15 is 0 Å². The van der Waals surface area contributed by atoms with Crippen LogP contribution in [0.2, 0.25) is 0 Å². The van der Waals surface area contributed by atoms with Gasteiger partial charge in [0, 0.05) is 0 Å². The van der Waals surface area contributed by atoms with Crippen LogP contribution in [-0.2, 0) is 24.3 Å². The van der Waals surface area contributed by atoms with E-state index in [9.17, 15) is 18.0 Å². The largest absolute Gasteiger partial charge is 0.469 e. The molecule has 2 aromatic rings. The molecule has 0 aromatic heterocycles. The van der Waals surface area contributed by atoms with Gasteiger partial charge in [-0.1, -0.05) is 29.8 Å². The second-order valence-corrected chi connectivity index (χ2v) is 8.02. The summed E-state index contributed by atoms with van der Waals surface area (Å²) in [6, 6.07) is 10.6. The van der Waals surface area contributed by atoms with Gasteiger partial charge in [0.05, 0.1) is 37.1 Å². The van der Waals surface area contributed by atoms with Gasteiger partial charge in [0.2, 0.25) is 10.0 Å². The summed E-state index contributed by atoms with van der Waals surface area (Å²) in [7, 11) is -1.46. The van der Waals surface area contributed by atoms with Crippen molar-refractivity contribution < 1.29 is 27.5 Å². The fourth-order valence-electron chi connectivity index (χ4n) is 2.72. The summed E-state index contributed by atoms with van der Waals surface area (Å²) >= 11 is 0. The monoisotopic (exact) mass is 405 g/mol. The highest BCUT2D eigenvalue weighted by Gasteiger charge is 2.26. The Morgan fingerprint density at radius 3 is 2.18 bits per heavy atom. The number of hydrogen-bond donors (Lipinski definition) is 1. The van der Waals surface area contributed by atoms with Crippen LogP contribution in [-0.4, -0.2) is 34.6 Å². The molecule has 0 aliphatic rings. The number of sulfonamides is 1. The number of carbonyl (C=O) groups is 2. The maximum absolute atomic E-state index is 12.9. The van der Waals surface area contributed by atoms with Crippen molar-refractivity contribution in [2.24, 2.45) is 0 Å². The van der Waals surface area contributed by atoms with Crippen molar-refractivity contribution in [2.75, 3.05) is 14.2 Å². The van der Waals surface area contributed by atoms with Crippen LogP contribution >= 0.6 is 0 Å². The average Bonchev–Trinajstić information content (AvgIpc) is 2.66. The Kier molecular flexibility index (Phi) is 6.93. The second kappa shape index (κ2) is 8.99. The minimum Gasteiger partial charge on any atom is -0.469 e. The Balaban J connectivity index is 2.37. The van der Waals surface area contributed by atoms with Crippen LogP contribution in [0.4, 0.5) is 0 Å². The molecule has 0 saturated heterocycles. The fraction of sp³-hybridized carbons (Fsp3) is 0.300. The number of aryl methyl sites for hydroxylation is 2. The van der Waals surface area contributed by atoms with Gasteiger partial charge in [0.25, 0.3) is 0 Å². The van der Waals surface area contributed by atoms with Crippen molar-refractivity contribution in [3.63, 3.8) is 0 Å². The van der Waals surface area contributed by atoms with Gasteiger partial charge in [0.1, 0.15) is 0 Å². The highest BCUT2D eigenvalue weighted by molar-refractivity contribution is 7.89. The average molecular weight is 405 g/mol. The lowest BCUT2D eigenvalue weighted by molar-refractivity contribution is -0.141. The quantitative estimate of drug-likeness (QED) is 0.711. The van der Waals surface area contributed by atoms with Gasteiger partial charge in [-0.25, -0.2) is 17.9 Å². The molecular weight excluding hydrogens is 382 g/mol. The van der Waals surface area contributed by atoms with Gasteiger partial charge in [-0.05, 0) is 43.2 Å². The zero-order chi connectivity index (χ0) is 20.9. The van der Waals surface area contributed by atoms with E-state index in [0.717, 1.165) is 5.56 Å². The standard InChI is InChI=1S/C20H23NO6S/c1-13-5-7-15(8-6-13)17(12-19(22)26-3)21-28(24,25)18-10-9-16(11-14(18)2)20(23)27-4/h5-11,17,21H,12H2,1-4H3. The van der Waals surface area contributed by atoms with Gasteiger partial charge in [-0.3, -0.25) is 4.79 Å². The second-order valence-electron chi connectivity index (χ2n) is 6.34. The molecule has 7 nitrogen and oxygen atoms in total. The third kappa shape index (κ3) is 5.17. The van der Waals surface area contributed by atoms with E-state index in [4.69, 9.17) is 4.74 Å². The normalized spacial score (nSPS) is 12.3. The Morgan fingerprint density at radius 2 is 1.64 bits per heavy atom. The molecule has 1 N–H and O–H groups in total. The topological polar surface area (TPSA) is 98.8 Å². The van der Waals surface area contributed by atoms with E-state index in [2.05, 4.69) is 9.46 Å². The van der Waals surface area contributed by atoms with Crippen molar-refractivity contribution in [3.8, 4) is 0 Å². The summed E-state index contributed by atoms with van der Waals surface area (Å²) in [4.78, 5) is 23.4. The van der Waals surface area contributed by atoms with Crippen molar-refractivity contribution >= 4 is 22.0 Å². The molecule has 28 heavy (non-hydrogen) atoms. The predicted molar refractivity (Wildman–Crippen MR) is 103 cm³/mol. The minimum atomic E-state index is -3.96. The summed E-state index contributed by atoms with van der Waals surface area (Å²) in [6.07, 6.45) is -0.155. The summed E-state index contributed by atoms with van der Waals surface area (Å²) in [5.41, 5.74) is 2.29. The first-order valence-electron chi connectivity index (χ1n) is 8.52. The van der Waals surface area contributed by atoms with Gasteiger partial charge < -0.3 is 9.47 Å². The third-order valence-corrected chi connectivity index (χ3v) is 5.89. The first-order valence-corrected chi connectivity index (χ1v) is 10.0. The van der Waals surface area contributed by atoms with Gasteiger partial charge in [-0.15, -0.1) is 0 Å². The molecule has 2 rings (SSSR count). The van der Waals surface area contributed by atoms with E-state index in [0.29, 0.717) is 11.1 Å². The maximum Gasteiger partial charge on any atom is 0.337 e. The van der Waals surface area contributed by atoms with E-state index in [1.165, 1.54) is 32.4 Å². The molecule has 0 aliphatic carbocycles. The minimum absolute atomic E-state index is 0.0159. The highest BCUT2D eigenvalue weighted by atomic mass is 32.2. The molecule has 1 atom stereocenters. The van der Waals surface area contributed by atoms with Crippen LogP contribution in [0.5, 0.6) is 0 Å². The fourth-order valence-corrected chi connectivity index (χ4v) is 4.17. The molecule has 0 aliphatic heterocycles. The first kappa shape index (κ1) is 21.6. The Morgan fingerprint density at radius 1 is 1.00 bits per heavy atom. The molecule has 0 fully saturated rings. The van der Waals surface area contributed by atoms with Crippen LogP contribution < -0.4 is 4.72 Å². The Hall–Kier alpha value is -2.71. The number of hydrogen-bond acceptors (Lipinski definition) is 6. The summed E-state index contributed by atoms with van der Waals surface area (Å²) < 4.78 is 37.8. The number of ether oxygens (including phenoxy) is 2. The predicted octanol–water partition coefficient (Wildman–Crippen LogP) is 2.67. The van der Waals surface area contributed by atoms with Crippen LogP contribution in [0.1, 0.15) is 39.5 Å². The molecule has 0 heterocycles. The summed E-state index contributed by atoms with van der Waals surface area (Å²) in [5.74, 6) is -1.09. The van der Waals surface area contributed by atoms with E-state index in [1.807, 2.05) is 19.1 Å². The number of nitrogens with one attached hydrogen (secondary N) is 1. The number of esters is 2. The van der Waals surface area contributed by atoms with Crippen molar-refractivity contribution in [3.05, 3.63) is 64.7 Å². The molecule has 0 amide bonds. The molecule has 8 heteroatoms. The van der Waals surface area contributed by atoms with Gasteiger partial charge in [-0.2, -0.15) is 0 Å². The number of methoxy groups -OCH3 is 2. The SMILES string of the molecule is COC(=O)CC(NS(=O)(=O)c1ccc(C(=O)OC)cc1C)c1ccc(C)cc1. The molecule has 0 bridgehead atoms. The molecule has 0 radical (unpaired) electrons. The van der Waals surface area contributed by atoms with E-state index < -0.39 is 28.0 Å². The van der Waals surface area contributed by atoms with Crippen LogP contribution in [0.25, 0.3) is 0 Å². The number of benzene rings is 2. The zero-order valence-corrected chi connectivity index (χ0v) is 17.0. The van der Waals surface area contributed by atoms with E-state index in [-0.39, 0.29) is 16.9 Å². The third-order valence-electron chi connectivity index (χ3n) is 4.26. The van der Waals surface area contributed by atoms with Crippen LogP contribution in [0.15, 0.2) is 47.4 Å². The number of rotatable bonds is 7. The Bertz CT molecular complexity index is 967. The van der Waals surface area contributed by atoms with Gasteiger partial charge >= 0.3 is 11.9 Å². The van der Waals surface area contributed by atoms with Gasteiger partial charge in [0.15, 0.2) is 0 Å². The van der Waals surface area contributed by atoms with Crippen LogP contribution in [0.3, 0.4) is 0 Å². The van der Waals surface area contributed by atoms with Crippen molar-refractivity contribution in [1.82, 2.24) is 4.72 Å². The molecule has 150 valence electrons. The lowest BCUT2D eigenvalue weighted by atomic mass is 10.0. The molecule has 2 aromatic carbocycles. The summed E-state index contributed by atoms with van der Waals surface area (Å²) in [6.45, 7) is 3.50. The van der Waals surface area contributed by atoms with E-state index in [1.54, 1.807) is 19.1 Å².